The number of ether oxygens (including phenoxy) is 2. The topological polar surface area (TPSA) is 98.9 Å². The van der Waals surface area contributed by atoms with Crippen molar-refractivity contribution in [2.45, 2.75) is 18.1 Å². The molecule has 1 aromatic rings. The van der Waals surface area contributed by atoms with Crippen LogP contribution < -0.4 is 5.73 Å². The molecule has 1 aromatic carbocycles. The van der Waals surface area contributed by atoms with Crippen molar-refractivity contribution in [1.82, 2.24) is 4.90 Å². The van der Waals surface area contributed by atoms with E-state index >= 15 is 0 Å². The zero-order chi connectivity index (χ0) is 19.9. The molecule has 2 heterocycles. The normalized spacial score (nSPS) is 22.1. The van der Waals surface area contributed by atoms with Crippen molar-refractivity contribution in [3.63, 3.8) is 0 Å². The first kappa shape index (κ1) is 19.3. The number of hydrogen-bond donors (Lipinski definition) is 1. The molecule has 2 aliphatic rings. The summed E-state index contributed by atoms with van der Waals surface area (Å²) in [6, 6.07) is 6.79. The molecule has 1 saturated heterocycles. The van der Waals surface area contributed by atoms with Crippen molar-refractivity contribution in [3.8, 4) is 0 Å². The molecule has 1 amide bonds. The summed E-state index contributed by atoms with van der Waals surface area (Å²) in [6.45, 7) is 1.70. The van der Waals surface area contributed by atoms with Gasteiger partial charge in [0, 0.05) is 5.02 Å². The summed E-state index contributed by atoms with van der Waals surface area (Å²) in [6.07, 6.45) is 0. The molecular weight excluding hydrogens is 392 g/mol. The number of benzene rings is 1. The Balaban J connectivity index is 2.36. The number of amides is 1. The number of esters is 2. The summed E-state index contributed by atoms with van der Waals surface area (Å²) in [4.78, 5) is 39.1. The number of hydrogen-bond acceptors (Lipinski definition) is 7. The van der Waals surface area contributed by atoms with Crippen LogP contribution in [0.2, 0.25) is 5.02 Å². The van der Waals surface area contributed by atoms with Crippen LogP contribution in [0, 0.1) is 0 Å². The molecule has 0 saturated carbocycles. The lowest BCUT2D eigenvalue weighted by Crippen LogP contribution is -2.40. The third-order valence-electron chi connectivity index (χ3n) is 4.41. The fourth-order valence-electron chi connectivity index (χ4n) is 3.17. The number of nitrogens with zero attached hydrogens (tertiary/aromatic N) is 1. The standard InChI is InChI=1S/C18H17ClN2O5S/c1-8-15(22)21-14(20)12(17(23)25-2)11(9-6-4-5-7-10(9)19)13(16(21)27-8)18(24)26-3/h4-8,11H,20H2,1-3H3/t8-,11-/m0/s1. The monoisotopic (exact) mass is 408 g/mol. The molecule has 0 aliphatic carbocycles. The first-order valence-corrected chi connectivity index (χ1v) is 9.24. The lowest BCUT2D eigenvalue weighted by atomic mass is 9.82. The number of fused-ring (bicyclic) bond motifs is 1. The maximum atomic E-state index is 12.7. The van der Waals surface area contributed by atoms with Gasteiger partial charge in [0.25, 0.3) is 0 Å². The summed E-state index contributed by atoms with van der Waals surface area (Å²) in [5.74, 6) is -2.75. The zero-order valence-electron chi connectivity index (χ0n) is 14.8. The Labute approximate surface area is 165 Å². The van der Waals surface area contributed by atoms with Crippen molar-refractivity contribution < 1.29 is 23.9 Å². The number of carbonyl (C=O) groups excluding carboxylic acids is 3. The Morgan fingerprint density at radius 1 is 1.15 bits per heavy atom. The predicted octanol–water partition coefficient (Wildman–Crippen LogP) is 2.13. The number of thioether (sulfide) groups is 1. The lowest BCUT2D eigenvalue weighted by Gasteiger charge is -2.33. The van der Waals surface area contributed by atoms with E-state index in [2.05, 4.69) is 0 Å². The molecule has 2 atom stereocenters. The number of methoxy groups -OCH3 is 2. The van der Waals surface area contributed by atoms with E-state index in [1.165, 1.54) is 30.9 Å². The summed E-state index contributed by atoms with van der Waals surface area (Å²) in [5.41, 5.74) is 6.80. The van der Waals surface area contributed by atoms with E-state index in [9.17, 15) is 14.4 Å². The summed E-state index contributed by atoms with van der Waals surface area (Å²) < 4.78 is 9.83. The van der Waals surface area contributed by atoms with Crippen LogP contribution >= 0.6 is 23.4 Å². The molecule has 0 bridgehead atoms. The van der Waals surface area contributed by atoms with E-state index < -0.39 is 23.1 Å². The largest absolute Gasteiger partial charge is 0.466 e. The Morgan fingerprint density at radius 3 is 2.33 bits per heavy atom. The van der Waals surface area contributed by atoms with E-state index in [-0.39, 0.29) is 22.9 Å². The van der Waals surface area contributed by atoms with Gasteiger partial charge in [0.1, 0.15) is 5.82 Å². The second kappa shape index (κ2) is 7.28. The lowest BCUT2D eigenvalue weighted by molar-refractivity contribution is -0.137. The Bertz CT molecular complexity index is 911. The average Bonchev–Trinajstić information content (AvgIpc) is 2.95. The fourth-order valence-corrected chi connectivity index (χ4v) is 4.58. The van der Waals surface area contributed by atoms with Gasteiger partial charge in [-0.25, -0.2) is 9.59 Å². The molecule has 9 heteroatoms. The highest BCUT2D eigenvalue weighted by Gasteiger charge is 2.49. The first-order valence-electron chi connectivity index (χ1n) is 7.98. The van der Waals surface area contributed by atoms with E-state index in [0.717, 1.165) is 0 Å². The molecule has 142 valence electrons. The Morgan fingerprint density at radius 2 is 1.74 bits per heavy atom. The molecule has 27 heavy (non-hydrogen) atoms. The molecule has 0 spiro atoms. The maximum absolute atomic E-state index is 12.7. The molecule has 3 rings (SSSR count). The van der Waals surface area contributed by atoms with E-state index in [1.54, 1.807) is 31.2 Å². The minimum absolute atomic E-state index is 0.0298. The summed E-state index contributed by atoms with van der Waals surface area (Å²) in [5, 5.41) is 0.214. The molecular formula is C18H17ClN2O5S. The van der Waals surface area contributed by atoms with Crippen LogP contribution in [0.4, 0.5) is 0 Å². The van der Waals surface area contributed by atoms with Gasteiger partial charge in [-0.15, -0.1) is 0 Å². The molecule has 0 unspecified atom stereocenters. The van der Waals surface area contributed by atoms with Gasteiger partial charge in [-0.3, -0.25) is 9.69 Å². The number of rotatable bonds is 3. The Hall–Kier alpha value is -2.45. The second-order valence-electron chi connectivity index (χ2n) is 5.89. The van der Waals surface area contributed by atoms with E-state index in [1.807, 2.05) is 0 Å². The van der Waals surface area contributed by atoms with Gasteiger partial charge in [-0.2, -0.15) is 0 Å². The zero-order valence-corrected chi connectivity index (χ0v) is 16.4. The smallest absolute Gasteiger partial charge is 0.338 e. The average molecular weight is 409 g/mol. The molecule has 0 aromatic heterocycles. The van der Waals surface area contributed by atoms with Crippen LogP contribution in [-0.4, -0.2) is 42.2 Å². The van der Waals surface area contributed by atoms with Gasteiger partial charge in [-0.05, 0) is 18.6 Å². The van der Waals surface area contributed by atoms with Gasteiger partial charge in [0.15, 0.2) is 0 Å². The molecule has 2 N–H and O–H groups in total. The molecule has 2 aliphatic heterocycles. The van der Waals surface area contributed by atoms with Crippen LogP contribution in [-0.2, 0) is 23.9 Å². The highest BCUT2D eigenvalue weighted by atomic mass is 35.5. The molecule has 1 fully saturated rings. The minimum Gasteiger partial charge on any atom is -0.466 e. The van der Waals surface area contributed by atoms with Gasteiger partial charge < -0.3 is 15.2 Å². The van der Waals surface area contributed by atoms with Crippen LogP contribution in [0.25, 0.3) is 0 Å². The minimum atomic E-state index is -0.921. The van der Waals surface area contributed by atoms with Crippen molar-refractivity contribution >= 4 is 41.2 Å². The Kier molecular flexibility index (Phi) is 5.21. The number of halogens is 1. The van der Waals surface area contributed by atoms with Crippen LogP contribution in [0.3, 0.4) is 0 Å². The van der Waals surface area contributed by atoms with Crippen LogP contribution in [0.1, 0.15) is 18.4 Å². The van der Waals surface area contributed by atoms with Gasteiger partial charge in [0.2, 0.25) is 5.91 Å². The maximum Gasteiger partial charge on any atom is 0.338 e. The van der Waals surface area contributed by atoms with Crippen molar-refractivity contribution in [2.75, 3.05) is 14.2 Å². The van der Waals surface area contributed by atoms with Crippen molar-refractivity contribution in [3.05, 3.63) is 56.8 Å². The first-order chi connectivity index (χ1) is 12.8. The molecule has 0 radical (unpaired) electrons. The van der Waals surface area contributed by atoms with Crippen molar-refractivity contribution in [2.24, 2.45) is 5.73 Å². The highest BCUT2D eigenvalue weighted by molar-refractivity contribution is 8.04. The van der Waals surface area contributed by atoms with Crippen molar-refractivity contribution in [1.29, 1.82) is 0 Å². The molecule has 7 nitrogen and oxygen atoms in total. The fraction of sp³-hybridized carbons (Fsp3) is 0.278. The highest BCUT2D eigenvalue weighted by Crippen LogP contribution is 2.50. The quantitative estimate of drug-likeness (QED) is 0.765. The summed E-state index contributed by atoms with van der Waals surface area (Å²) >= 11 is 7.54. The predicted molar refractivity (Wildman–Crippen MR) is 100 cm³/mol. The second-order valence-corrected chi connectivity index (χ2v) is 7.63. The van der Waals surface area contributed by atoms with Crippen LogP contribution in [0.15, 0.2) is 46.3 Å². The van der Waals surface area contributed by atoms with E-state index in [4.69, 9.17) is 26.8 Å². The third-order valence-corrected chi connectivity index (χ3v) is 5.94. The van der Waals surface area contributed by atoms with Crippen LogP contribution in [0.5, 0.6) is 0 Å². The van der Waals surface area contributed by atoms with E-state index in [0.29, 0.717) is 15.6 Å². The third kappa shape index (κ3) is 2.98. The van der Waals surface area contributed by atoms with Gasteiger partial charge >= 0.3 is 11.9 Å². The SMILES string of the molecule is COC(=O)C1=C(N)N2C(=O)[C@H](C)SC2=C(C(=O)OC)[C@H]1c1ccccc1Cl. The summed E-state index contributed by atoms with van der Waals surface area (Å²) in [7, 11) is 2.43. The number of carbonyl (C=O) groups is 3. The number of nitrogens with two attached hydrogens (primary N) is 1. The van der Waals surface area contributed by atoms with Gasteiger partial charge in [0.05, 0.1) is 41.6 Å². The van der Waals surface area contributed by atoms with Gasteiger partial charge in [-0.1, -0.05) is 41.6 Å².